The third-order valence-electron chi connectivity index (χ3n) is 3.12. The Hall–Kier alpha value is -1.63. The number of carboxylic acid groups (broad SMARTS) is 1. The number of hydrogen-bond donors (Lipinski definition) is 3. The minimum Gasteiger partial charge on any atom is -0.481 e. The highest BCUT2D eigenvalue weighted by Gasteiger charge is 2.20. The first-order valence-electron chi connectivity index (χ1n) is 6.44. The topological polar surface area (TPSA) is 105 Å². The number of aromatic nitrogens is 1. The number of nitrogens with two attached hydrogens (primary N) is 1. The minimum atomic E-state index is -0.794. The second-order valence-electron chi connectivity index (χ2n) is 5.53. The zero-order valence-electron chi connectivity index (χ0n) is 12.0. The van der Waals surface area contributed by atoms with E-state index in [1.165, 1.54) is 11.3 Å². The average Bonchev–Trinajstić information content (AvgIpc) is 2.66. The number of aryl methyl sites for hydroxylation is 1. The molecule has 4 N–H and O–H groups in total. The fourth-order valence-corrected chi connectivity index (χ4v) is 2.54. The zero-order valence-corrected chi connectivity index (χ0v) is 12.8. The molecule has 1 aromatic heterocycles. The summed E-state index contributed by atoms with van der Waals surface area (Å²) in [5.41, 5.74) is 6.07. The van der Waals surface area contributed by atoms with Crippen molar-refractivity contribution in [3.63, 3.8) is 0 Å². The molecule has 0 aliphatic rings. The van der Waals surface area contributed by atoms with Crippen molar-refractivity contribution in [1.29, 1.82) is 0 Å². The van der Waals surface area contributed by atoms with Crippen molar-refractivity contribution < 1.29 is 14.7 Å². The standard InChI is InChI=1S/C13H21N3O3S/c1-8-10(20-12(14)16-8)11(19)15-7-6-13(2,3)5-4-9(17)18/h4-7H2,1-3H3,(H2,14,16)(H,15,19)(H,17,18). The zero-order chi connectivity index (χ0) is 15.3. The fraction of sp³-hybridized carbons (Fsp3) is 0.615. The first kappa shape index (κ1) is 16.4. The van der Waals surface area contributed by atoms with Gasteiger partial charge in [0.25, 0.3) is 5.91 Å². The van der Waals surface area contributed by atoms with Crippen LogP contribution < -0.4 is 11.1 Å². The molecule has 1 aromatic rings. The van der Waals surface area contributed by atoms with Crippen molar-refractivity contribution in [1.82, 2.24) is 10.3 Å². The maximum absolute atomic E-state index is 11.9. The molecule has 1 rings (SSSR count). The molecule has 0 saturated heterocycles. The van der Waals surface area contributed by atoms with Gasteiger partial charge in [-0.3, -0.25) is 9.59 Å². The second-order valence-corrected chi connectivity index (χ2v) is 6.56. The number of nitrogen functional groups attached to an aromatic ring is 1. The maximum Gasteiger partial charge on any atom is 0.303 e. The predicted octanol–water partition coefficient (Wildman–Crippen LogP) is 2.04. The van der Waals surface area contributed by atoms with Gasteiger partial charge in [-0.2, -0.15) is 0 Å². The van der Waals surface area contributed by atoms with Gasteiger partial charge in [-0.1, -0.05) is 25.2 Å². The molecule has 0 atom stereocenters. The number of carbonyl (C=O) groups excluding carboxylic acids is 1. The molecule has 0 radical (unpaired) electrons. The van der Waals surface area contributed by atoms with Gasteiger partial charge in [0.1, 0.15) is 4.88 Å². The molecule has 6 nitrogen and oxygen atoms in total. The first-order valence-corrected chi connectivity index (χ1v) is 7.26. The summed E-state index contributed by atoms with van der Waals surface area (Å²) in [5.74, 6) is -0.969. The number of aliphatic carboxylic acids is 1. The van der Waals surface area contributed by atoms with Crippen LogP contribution in [0.1, 0.15) is 48.5 Å². The van der Waals surface area contributed by atoms with Crippen LogP contribution in [0.4, 0.5) is 5.13 Å². The third kappa shape index (κ3) is 5.16. The molecule has 1 amide bonds. The fourth-order valence-electron chi connectivity index (χ4n) is 1.79. The number of amides is 1. The SMILES string of the molecule is Cc1nc(N)sc1C(=O)NCCC(C)(C)CCC(=O)O. The highest BCUT2D eigenvalue weighted by molar-refractivity contribution is 7.17. The van der Waals surface area contributed by atoms with Gasteiger partial charge in [-0.05, 0) is 25.2 Å². The van der Waals surface area contributed by atoms with Crippen molar-refractivity contribution in [3.8, 4) is 0 Å². The Morgan fingerprint density at radius 3 is 2.55 bits per heavy atom. The summed E-state index contributed by atoms with van der Waals surface area (Å²) in [4.78, 5) is 27.0. The molecule has 0 unspecified atom stereocenters. The summed E-state index contributed by atoms with van der Waals surface area (Å²) in [5, 5.41) is 11.9. The summed E-state index contributed by atoms with van der Waals surface area (Å²) in [6.07, 6.45) is 1.45. The molecule has 0 saturated carbocycles. The van der Waals surface area contributed by atoms with Crippen molar-refractivity contribution in [2.24, 2.45) is 5.41 Å². The van der Waals surface area contributed by atoms with Crippen LogP contribution in [0.5, 0.6) is 0 Å². The molecule has 0 aromatic carbocycles. The number of nitrogens with zero attached hydrogens (tertiary/aromatic N) is 1. The Balaban J connectivity index is 2.42. The second kappa shape index (κ2) is 6.69. The van der Waals surface area contributed by atoms with Crippen LogP contribution in [0.25, 0.3) is 0 Å². The number of carboxylic acids is 1. The molecule has 112 valence electrons. The number of carbonyl (C=O) groups is 2. The Morgan fingerprint density at radius 1 is 1.40 bits per heavy atom. The highest BCUT2D eigenvalue weighted by Crippen LogP contribution is 2.26. The normalized spacial score (nSPS) is 11.3. The van der Waals surface area contributed by atoms with E-state index in [1.54, 1.807) is 6.92 Å². The van der Waals surface area contributed by atoms with Gasteiger partial charge in [0.15, 0.2) is 5.13 Å². The van der Waals surface area contributed by atoms with E-state index >= 15 is 0 Å². The third-order valence-corrected chi connectivity index (χ3v) is 4.11. The molecule has 0 aliphatic carbocycles. The average molecular weight is 299 g/mol. The summed E-state index contributed by atoms with van der Waals surface area (Å²) >= 11 is 1.17. The van der Waals surface area contributed by atoms with Crippen LogP contribution in [0.3, 0.4) is 0 Å². The summed E-state index contributed by atoms with van der Waals surface area (Å²) < 4.78 is 0. The molecule has 0 spiro atoms. The molecule has 0 aliphatic heterocycles. The van der Waals surface area contributed by atoms with Crippen LogP contribution in [0.2, 0.25) is 0 Å². The largest absolute Gasteiger partial charge is 0.481 e. The summed E-state index contributed by atoms with van der Waals surface area (Å²) in [7, 11) is 0. The molecule has 0 fully saturated rings. The summed E-state index contributed by atoms with van der Waals surface area (Å²) in [6, 6.07) is 0. The van der Waals surface area contributed by atoms with E-state index in [9.17, 15) is 9.59 Å². The van der Waals surface area contributed by atoms with E-state index in [0.717, 1.165) is 6.42 Å². The number of nitrogens with one attached hydrogen (secondary N) is 1. The van der Waals surface area contributed by atoms with E-state index < -0.39 is 5.97 Å². The molecular formula is C13H21N3O3S. The lowest BCUT2D eigenvalue weighted by Gasteiger charge is -2.23. The van der Waals surface area contributed by atoms with E-state index in [1.807, 2.05) is 13.8 Å². The summed E-state index contributed by atoms with van der Waals surface area (Å²) in [6.45, 7) is 6.25. The highest BCUT2D eigenvalue weighted by atomic mass is 32.1. The van der Waals surface area contributed by atoms with E-state index in [4.69, 9.17) is 10.8 Å². The predicted molar refractivity (Wildman–Crippen MR) is 78.9 cm³/mol. The van der Waals surface area contributed by atoms with Gasteiger partial charge < -0.3 is 16.2 Å². The quantitative estimate of drug-likeness (QED) is 0.714. The van der Waals surface area contributed by atoms with Gasteiger partial charge in [0.2, 0.25) is 0 Å². The lowest BCUT2D eigenvalue weighted by atomic mass is 9.84. The van der Waals surface area contributed by atoms with Crippen molar-refractivity contribution >= 4 is 28.3 Å². The van der Waals surface area contributed by atoms with Crippen molar-refractivity contribution in [2.75, 3.05) is 12.3 Å². The number of thiazole rings is 1. The van der Waals surface area contributed by atoms with E-state index in [0.29, 0.717) is 28.7 Å². The minimum absolute atomic E-state index is 0.118. The number of hydrogen-bond acceptors (Lipinski definition) is 5. The molecule has 0 bridgehead atoms. The van der Waals surface area contributed by atoms with Gasteiger partial charge >= 0.3 is 5.97 Å². The van der Waals surface area contributed by atoms with Gasteiger partial charge in [0, 0.05) is 13.0 Å². The van der Waals surface area contributed by atoms with Crippen LogP contribution in [0.15, 0.2) is 0 Å². The number of rotatable bonds is 7. The van der Waals surface area contributed by atoms with Crippen LogP contribution in [0, 0.1) is 12.3 Å². The van der Waals surface area contributed by atoms with E-state index in [-0.39, 0.29) is 17.7 Å². The Bertz CT molecular complexity index is 497. The maximum atomic E-state index is 11.9. The van der Waals surface area contributed by atoms with Crippen LogP contribution in [-0.2, 0) is 4.79 Å². The van der Waals surface area contributed by atoms with Gasteiger partial charge in [-0.25, -0.2) is 4.98 Å². The van der Waals surface area contributed by atoms with E-state index in [2.05, 4.69) is 10.3 Å². The van der Waals surface area contributed by atoms with Crippen LogP contribution >= 0.6 is 11.3 Å². The van der Waals surface area contributed by atoms with Crippen molar-refractivity contribution in [3.05, 3.63) is 10.6 Å². The van der Waals surface area contributed by atoms with Crippen LogP contribution in [-0.4, -0.2) is 28.5 Å². The Labute approximate surface area is 122 Å². The lowest BCUT2D eigenvalue weighted by molar-refractivity contribution is -0.137. The van der Waals surface area contributed by atoms with Crippen molar-refractivity contribution in [2.45, 2.75) is 40.0 Å². The Morgan fingerprint density at radius 2 is 2.05 bits per heavy atom. The van der Waals surface area contributed by atoms with Gasteiger partial charge in [0.05, 0.1) is 5.69 Å². The number of anilines is 1. The smallest absolute Gasteiger partial charge is 0.303 e. The molecule has 7 heteroatoms. The Kier molecular flexibility index (Phi) is 5.50. The lowest BCUT2D eigenvalue weighted by Crippen LogP contribution is -2.28. The molecule has 1 heterocycles. The van der Waals surface area contributed by atoms with Gasteiger partial charge in [-0.15, -0.1) is 0 Å². The monoisotopic (exact) mass is 299 g/mol. The molecular weight excluding hydrogens is 278 g/mol. The first-order chi connectivity index (χ1) is 9.21. The molecule has 20 heavy (non-hydrogen) atoms.